The van der Waals surface area contributed by atoms with Gasteiger partial charge in [-0.3, -0.25) is 4.98 Å². The molecule has 6 nitrogen and oxygen atoms in total. The molecular formula is C13H10N2O4. The van der Waals surface area contributed by atoms with Gasteiger partial charge in [-0.05, 0) is 23.8 Å². The van der Waals surface area contributed by atoms with Gasteiger partial charge in [0.15, 0.2) is 5.69 Å². The zero-order valence-corrected chi connectivity index (χ0v) is 9.78. The smallest absolute Gasteiger partial charge is 0.355 e. The van der Waals surface area contributed by atoms with Crippen molar-refractivity contribution >= 4 is 11.9 Å². The van der Waals surface area contributed by atoms with Crippen molar-refractivity contribution in [3.05, 3.63) is 59.2 Å². The summed E-state index contributed by atoms with van der Waals surface area (Å²) in [4.78, 5) is 29.7. The lowest BCUT2D eigenvalue weighted by Crippen LogP contribution is -2.11. The van der Waals surface area contributed by atoms with Gasteiger partial charge in [-0.15, -0.1) is 0 Å². The Morgan fingerprint density at radius 1 is 1.11 bits per heavy atom. The van der Waals surface area contributed by atoms with Gasteiger partial charge in [0.05, 0.1) is 5.56 Å². The molecule has 0 bridgehead atoms. The van der Waals surface area contributed by atoms with Crippen LogP contribution in [0, 0.1) is 0 Å². The van der Waals surface area contributed by atoms with E-state index in [1.54, 1.807) is 18.3 Å². The molecule has 0 aliphatic rings. The topological polar surface area (TPSA) is 100 Å². The molecule has 96 valence electrons. The van der Waals surface area contributed by atoms with Crippen LogP contribution in [0.2, 0.25) is 0 Å². The van der Waals surface area contributed by atoms with E-state index in [1.807, 2.05) is 6.07 Å². The molecule has 0 aliphatic heterocycles. The first-order valence-electron chi connectivity index (χ1n) is 5.43. The number of carbonyl (C=O) groups is 2. The number of rotatable bonds is 4. The highest BCUT2D eigenvalue weighted by atomic mass is 16.4. The minimum atomic E-state index is -1.36. The van der Waals surface area contributed by atoms with E-state index in [1.165, 1.54) is 12.3 Å². The lowest BCUT2D eigenvalue weighted by atomic mass is 10.1. The molecule has 2 rings (SSSR count). The van der Waals surface area contributed by atoms with E-state index in [-0.39, 0.29) is 5.56 Å². The number of carboxylic acids is 2. The van der Waals surface area contributed by atoms with Crippen LogP contribution >= 0.6 is 0 Å². The second-order valence-electron chi connectivity index (χ2n) is 3.85. The lowest BCUT2D eigenvalue weighted by Gasteiger charge is -2.04. The Kier molecular flexibility index (Phi) is 3.51. The Morgan fingerprint density at radius 2 is 1.89 bits per heavy atom. The molecular weight excluding hydrogens is 248 g/mol. The molecule has 0 spiro atoms. The molecule has 0 aromatic carbocycles. The molecule has 0 atom stereocenters. The van der Waals surface area contributed by atoms with Crippen molar-refractivity contribution in [2.75, 3.05) is 0 Å². The zero-order chi connectivity index (χ0) is 13.8. The first-order valence-corrected chi connectivity index (χ1v) is 5.43. The fraction of sp³-hybridized carbons (Fsp3) is 0.0769. The minimum absolute atomic E-state index is 0.319. The normalized spacial score (nSPS) is 10.1. The highest BCUT2D eigenvalue weighted by Gasteiger charge is 2.18. The van der Waals surface area contributed by atoms with E-state index in [0.717, 1.165) is 5.69 Å². The second kappa shape index (κ2) is 5.26. The summed E-state index contributed by atoms with van der Waals surface area (Å²) in [6, 6.07) is 6.70. The number of pyridine rings is 2. The summed E-state index contributed by atoms with van der Waals surface area (Å²) < 4.78 is 0. The predicted octanol–water partition coefficient (Wildman–Crippen LogP) is 1.46. The Morgan fingerprint density at radius 3 is 2.47 bits per heavy atom. The largest absolute Gasteiger partial charge is 0.478 e. The summed E-state index contributed by atoms with van der Waals surface area (Å²) in [5.74, 6) is -2.67. The molecule has 0 radical (unpaired) electrons. The quantitative estimate of drug-likeness (QED) is 0.861. The van der Waals surface area contributed by atoms with E-state index in [2.05, 4.69) is 9.97 Å². The van der Waals surface area contributed by atoms with E-state index in [4.69, 9.17) is 10.2 Å². The molecule has 0 unspecified atom stereocenters. The van der Waals surface area contributed by atoms with Crippen LogP contribution < -0.4 is 0 Å². The first kappa shape index (κ1) is 12.7. The molecule has 6 heteroatoms. The van der Waals surface area contributed by atoms with E-state index in [0.29, 0.717) is 12.0 Å². The van der Waals surface area contributed by atoms with Gasteiger partial charge in [-0.25, -0.2) is 14.6 Å². The van der Waals surface area contributed by atoms with Crippen molar-refractivity contribution in [3.8, 4) is 0 Å². The van der Waals surface area contributed by atoms with Crippen LogP contribution in [0.5, 0.6) is 0 Å². The van der Waals surface area contributed by atoms with Gasteiger partial charge in [0.1, 0.15) is 0 Å². The number of hydrogen-bond acceptors (Lipinski definition) is 4. The van der Waals surface area contributed by atoms with Crippen LogP contribution in [0.3, 0.4) is 0 Å². The van der Waals surface area contributed by atoms with Crippen LogP contribution in [-0.4, -0.2) is 32.1 Å². The maximum absolute atomic E-state index is 11.0. The van der Waals surface area contributed by atoms with E-state index >= 15 is 0 Å². The number of aromatic carboxylic acids is 2. The summed E-state index contributed by atoms with van der Waals surface area (Å²) >= 11 is 0. The van der Waals surface area contributed by atoms with Crippen LogP contribution in [-0.2, 0) is 6.42 Å². The Balaban J connectivity index is 2.36. The molecule has 19 heavy (non-hydrogen) atoms. The summed E-state index contributed by atoms with van der Waals surface area (Å²) in [5, 5.41) is 17.8. The molecule has 2 aromatic heterocycles. The highest BCUT2D eigenvalue weighted by molar-refractivity contribution is 6.00. The highest BCUT2D eigenvalue weighted by Crippen LogP contribution is 2.12. The lowest BCUT2D eigenvalue weighted by molar-refractivity contribution is 0.0646. The third-order valence-corrected chi connectivity index (χ3v) is 2.49. The van der Waals surface area contributed by atoms with Crippen LogP contribution in [0.25, 0.3) is 0 Å². The average Bonchev–Trinajstić information content (AvgIpc) is 2.39. The van der Waals surface area contributed by atoms with Gasteiger partial charge in [0.2, 0.25) is 0 Å². The molecule has 0 aliphatic carbocycles. The van der Waals surface area contributed by atoms with Crippen LogP contribution in [0.15, 0.2) is 36.7 Å². The number of nitrogens with zero attached hydrogens (tertiary/aromatic N) is 2. The third-order valence-electron chi connectivity index (χ3n) is 2.49. The Bertz CT molecular complexity index is 626. The molecule has 0 saturated carbocycles. The van der Waals surface area contributed by atoms with Crippen LogP contribution in [0.1, 0.15) is 32.1 Å². The Labute approximate surface area is 108 Å². The van der Waals surface area contributed by atoms with Gasteiger partial charge in [-0.1, -0.05) is 6.07 Å². The average molecular weight is 258 g/mol. The number of aromatic nitrogens is 2. The summed E-state index contributed by atoms with van der Waals surface area (Å²) in [6.07, 6.45) is 3.38. The van der Waals surface area contributed by atoms with Crippen molar-refractivity contribution in [3.63, 3.8) is 0 Å². The predicted molar refractivity (Wildman–Crippen MR) is 65.2 cm³/mol. The minimum Gasteiger partial charge on any atom is -0.478 e. The SMILES string of the molecule is O=C(O)c1cc(Cc2ccccn2)cnc1C(=O)O. The standard InChI is InChI=1S/C13H10N2O4/c16-12(17)10-6-8(7-15-11(10)13(18)19)5-9-3-1-2-4-14-9/h1-4,6-7H,5H2,(H,16,17)(H,18,19). The Hall–Kier alpha value is -2.76. The maximum Gasteiger partial charge on any atom is 0.355 e. The van der Waals surface area contributed by atoms with Crippen LogP contribution in [0.4, 0.5) is 0 Å². The molecule has 2 aromatic rings. The van der Waals surface area contributed by atoms with Gasteiger partial charge in [0, 0.05) is 24.5 Å². The fourth-order valence-corrected chi connectivity index (χ4v) is 1.65. The number of carboxylic acid groups (broad SMARTS) is 2. The van der Waals surface area contributed by atoms with Crippen molar-refractivity contribution in [2.45, 2.75) is 6.42 Å². The molecule has 2 heterocycles. The summed E-state index contributed by atoms with van der Waals surface area (Å²) in [5.41, 5.74) is 0.572. The zero-order valence-electron chi connectivity index (χ0n) is 9.78. The van der Waals surface area contributed by atoms with E-state index < -0.39 is 17.6 Å². The third kappa shape index (κ3) is 2.92. The summed E-state index contributed by atoms with van der Waals surface area (Å²) in [6.45, 7) is 0. The van der Waals surface area contributed by atoms with Gasteiger partial charge in [-0.2, -0.15) is 0 Å². The van der Waals surface area contributed by atoms with Crippen molar-refractivity contribution in [1.82, 2.24) is 9.97 Å². The number of hydrogen-bond donors (Lipinski definition) is 2. The molecule has 0 amide bonds. The maximum atomic E-state index is 11.0. The van der Waals surface area contributed by atoms with Crippen molar-refractivity contribution in [2.24, 2.45) is 0 Å². The van der Waals surface area contributed by atoms with Crippen molar-refractivity contribution < 1.29 is 19.8 Å². The van der Waals surface area contributed by atoms with Crippen molar-refractivity contribution in [1.29, 1.82) is 0 Å². The monoisotopic (exact) mass is 258 g/mol. The van der Waals surface area contributed by atoms with Gasteiger partial charge in [0.25, 0.3) is 0 Å². The van der Waals surface area contributed by atoms with Gasteiger partial charge >= 0.3 is 11.9 Å². The first-order chi connectivity index (χ1) is 9.08. The molecule has 2 N–H and O–H groups in total. The van der Waals surface area contributed by atoms with Gasteiger partial charge < -0.3 is 10.2 Å². The molecule has 0 fully saturated rings. The second-order valence-corrected chi connectivity index (χ2v) is 3.85. The summed E-state index contributed by atoms with van der Waals surface area (Å²) in [7, 11) is 0. The van der Waals surface area contributed by atoms with E-state index in [9.17, 15) is 9.59 Å². The molecule has 0 saturated heterocycles. The fourth-order valence-electron chi connectivity index (χ4n) is 1.65.